The van der Waals surface area contributed by atoms with Gasteiger partial charge in [0, 0.05) is 28.9 Å². The molecule has 5 nitrogen and oxygen atoms in total. The summed E-state index contributed by atoms with van der Waals surface area (Å²) in [5.41, 5.74) is 1.02. The van der Waals surface area contributed by atoms with E-state index in [1.54, 1.807) is 48.7 Å². The third kappa shape index (κ3) is 3.40. The third-order valence-electron chi connectivity index (χ3n) is 4.33. The average Bonchev–Trinajstić information content (AvgIpc) is 2.74. The maximum atomic E-state index is 13.3. The van der Waals surface area contributed by atoms with E-state index in [9.17, 15) is 14.0 Å². The zero-order valence-electron chi connectivity index (χ0n) is 14.7. The topological polar surface area (TPSA) is 61.2 Å². The highest BCUT2D eigenvalue weighted by Gasteiger charge is 2.17. The molecule has 0 aliphatic heterocycles. The first-order chi connectivity index (χ1) is 13.6. The van der Waals surface area contributed by atoms with E-state index in [2.05, 4.69) is 4.98 Å². The summed E-state index contributed by atoms with van der Waals surface area (Å²) in [6.45, 7) is 0.0175. The predicted octanol–water partition coefficient (Wildman–Crippen LogP) is 3.88. The van der Waals surface area contributed by atoms with Gasteiger partial charge >= 0.3 is 5.97 Å². The number of carbonyl (C=O) groups is 1. The number of benzene rings is 2. The summed E-state index contributed by atoms with van der Waals surface area (Å²) < 4.78 is 20.0. The first-order valence-corrected chi connectivity index (χ1v) is 8.61. The van der Waals surface area contributed by atoms with Crippen LogP contribution in [0.25, 0.3) is 16.5 Å². The Morgan fingerprint density at radius 2 is 1.68 bits per heavy atom. The zero-order chi connectivity index (χ0) is 19.5. The van der Waals surface area contributed by atoms with Crippen LogP contribution in [0.15, 0.2) is 83.9 Å². The van der Waals surface area contributed by atoms with Crippen LogP contribution in [-0.4, -0.2) is 15.5 Å². The van der Waals surface area contributed by atoms with Gasteiger partial charge in [0.15, 0.2) is 0 Å². The van der Waals surface area contributed by atoms with Gasteiger partial charge in [0.2, 0.25) is 0 Å². The van der Waals surface area contributed by atoms with Crippen LogP contribution in [0.3, 0.4) is 0 Å². The number of fused-ring (bicyclic) bond motifs is 1. The molecule has 0 unspecified atom stereocenters. The molecule has 4 aromatic rings. The fourth-order valence-electron chi connectivity index (χ4n) is 2.95. The molecular formula is C22H15FN2O3. The molecule has 0 aliphatic carbocycles. The van der Waals surface area contributed by atoms with Gasteiger partial charge in [-0.3, -0.25) is 14.3 Å². The molecule has 2 aromatic carbocycles. The Kier molecular flexibility index (Phi) is 4.68. The second-order valence-corrected chi connectivity index (χ2v) is 6.14. The molecule has 0 radical (unpaired) electrons. The molecule has 4 rings (SSSR count). The van der Waals surface area contributed by atoms with Crippen LogP contribution in [-0.2, 0) is 11.3 Å². The summed E-state index contributed by atoms with van der Waals surface area (Å²) in [5, 5.41) is 0.871. The Balaban J connectivity index is 1.78. The van der Waals surface area contributed by atoms with Gasteiger partial charge in [-0.15, -0.1) is 0 Å². The number of pyridine rings is 2. The van der Waals surface area contributed by atoms with E-state index in [4.69, 9.17) is 4.74 Å². The van der Waals surface area contributed by atoms with E-state index in [1.165, 1.54) is 35.0 Å². The van der Waals surface area contributed by atoms with Crippen molar-refractivity contribution in [2.45, 2.75) is 6.61 Å². The van der Waals surface area contributed by atoms with Crippen molar-refractivity contribution in [1.29, 1.82) is 0 Å². The first-order valence-electron chi connectivity index (χ1n) is 8.61. The average molecular weight is 374 g/mol. The monoisotopic (exact) mass is 374 g/mol. The van der Waals surface area contributed by atoms with Crippen molar-refractivity contribution in [3.8, 4) is 5.69 Å². The van der Waals surface area contributed by atoms with Crippen molar-refractivity contribution in [3.05, 3.63) is 107 Å². The number of rotatable bonds is 4. The van der Waals surface area contributed by atoms with Crippen molar-refractivity contribution in [1.82, 2.24) is 9.55 Å². The Morgan fingerprint density at radius 1 is 0.964 bits per heavy atom. The van der Waals surface area contributed by atoms with Gasteiger partial charge < -0.3 is 4.74 Å². The Hall–Kier alpha value is -3.80. The minimum absolute atomic E-state index is 0.0175. The zero-order valence-corrected chi connectivity index (χ0v) is 14.7. The molecule has 2 heterocycles. The molecule has 0 saturated carbocycles. The van der Waals surface area contributed by atoms with Crippen molar-refractivity contribution < 1.29 is 13.9 Å². The quantitative estimate of drug-likeness (QED) is 0.509. The van der Waals surface area contributed by atoms with E-state index in [-0.39, 0.29) is 17.7 Å². The standard InChI is InChI=1S/C22H15FN2O3/c23-15-8-10-17(11-9-15)25-13-20(18-6-1-2-7-19(18)21(25)26)22(27)28-14-16-5-3-4-12-24-16/h1-13H,14H2. The molecule has 6 heteroatoms. The van der Waals surface area contributed by atoms with Gasteiger partial charge in [0.05, 0.1) is 11.3 Å². The van der Waals surface area contributed by atoms with Crippen molar-refractivity contribution >= 4 is 16.7 Å². The van der Waals surface area contributed by atoms with E-state index in [0.29, 0.717) is 22.2 Å². The maximum absolute atomic E-state index is 13.3. The summed E-state index contributed by atoms with van der Waals surface area (Å²) in [6, 6.07) is 17.6. The molecule has 0 fully saturated rings. The van der Waals surface area contributed by atoms with Crippen LogP contribution in [0.1, 0.15) is 16.1 Å². The second-order valence-electron chi connectivity index (χ2n) is 6.14. The summed E-state index contributed by atoms with van der Waals surface area (Å²) in [4.78, 5) is 29.8. The molecule has 2 aromatic heterocycles. The molecule has 0 atom stereocenters. The Morgan fingerprint density at radius 3 is 2.39 bits per heavy atom. The predicted molar refractivity (Wildman–Crippen MR) is 103 cm³/mol. The molecule has 0 bridgehead atoms. The number of carbonyl (C=O) groups excluding carboxylic acids is 1. The smallest absolute Gasteiger partial charge is 0.340 e. The first kappa shape index (κ1) is 17.6. The number of halogens is 1. The van der Waals surface area contributed by atoms with Crippen molar-refractivity contribution in [2.75, 3.05) is 0 Å². The van der Waals surface area contributed by atoms with Gasteiger partial charge in [0.25, 0.3) is 5.56 Å². The van der Waals surface area contributed by atoms with Gasteiger partial charge in [-0.2, -0.15) is 0 Å². The summed E-state index contributed by atoms with van der Waals surface area (Å²) in [5.74, 6) is -0.981. The van der Waals surface area contributed by atoms with Crippen LogP contribution in [0.2, 0.25) is 0 Å². The lowest BCUT2D eigenvalue weighted by molar-refractivity contribution is 0.0469. The number of aromatic nitrogens is 2. The highest BCUT2D eigenvalue weighted by Crippen LogP contribution is 2.19. The summed E-state index contributed by atoms with van der Waals surface area (Å²) in [7, 11) is 0. The van der Waals surface area contributed by atoms with Gasteiger partial charge in [-0.25, -0.2) is 9.18 Å². The van der Waals surface area contributed by atoms with Crippen LogP contribution in [0.4, 0.5) is 4.39 Å². The van der Waals surface area contributed by atoms with E-state index in [1.807, 2.05) is 0 Å². The normalized spacial score (nSPS) is 10.8. The van der Waals surface area contributed by atoms with Crippen LogP contribution >= 0.6 is 0 Å². The Bertz CT molecular complexity index is 1200. The molecule has 0 aliphatic rings. The van der Waals surface area contributed by atoms with Gasteiger partial charge in [-0.1, -0.05) is 24.3 Å². The van der Waals surface area contributed by atoms with Crippen LogP contribution < -0.4 is 5.56 Å². The molecule has 0 amide bonds. The molecule has 0 saturated heterocycles. The van der Waals surface area contributed by atoms with Crippen LogP contribution in [0.5, 0.6) is 0 Å². The van der Waals surface area contributed by atoms with Crippen molar-refractivity contribution in [2.24, 2.45) is 0 Å². The molecule has 28 heavy (non-hydrogen) atoms. The van der Waals surface area contributed by atoms with Crippen LogP contribution in [0, 0.1) is 5.82 Å². The molecule has 0 spiro atoms. The van der Waals surface area contributed by atoms with Gasteiger partial charge in [-0.05, 0) is 42.5 Å². The number of hydrogen-bond donors (Lipinski definition) is 0. The lowest BCUT2D eigenvalue weighted by Crippen LogP contribution is -2.21. The van der Waals surface area contributed by atoms with E-state index >= 15 is 0 Å². The maximum Gasteiger partial charge on any atom is 0.340 e. The SMILES string of the molecule is O=C(OCc1ccccn1)c1cn(-c2ccc(F)cc2)c(=O)c2ccccc12. The third-order valence-corrected chi connectivity index (χ3v) is 4.33. The number of esters is 1. The largest absolute Gasteiger partial charge is 0.456 e. The van der Waals surface area contributed by atoms with E-state index < -0.39 is 11.8 Å². The highest BCUT2D eigenvalue weighted by atomic mass is 19.1. The number of ether oxygens (including phenoxy) is 1. The minimum atomic E-state index is -0.572. The van der Waals surface area contributed by atoms with Crippen molar-refractivity contribution in [3.63, 3.8) is 0 Å². The molecule has 138 valence electrons. The minimum Gasteiger partial charge on any atom is -0.456 e. The highest BCUT2D eigenvalue weighted by molar-refractivity contribution is 6.04. The number of hydrogen-bond acceptors (Lipinski definition) is 4. The lowest BCUT2D eigenvalue weighted by Gasteiger charge is -2.12. The fraction of sp³-hybridized carbons (Fsp3) is 0.0455. The van der Waals surface area contributed by atoms with Gasteiger partial charge in [0.1, 0.15) is 12.4 Å². The summed E-state index contributed by atoms with van der Waals surface area (Å²) >= 11 is 0. The molecule has 0 N–H and O–H groups in total. The second kappa shape index (κ2) is 7.44. The van der Waals surface area contributed by atoms with E-state index in [0.717, 1.165) is 0 Å². The Labute approximate surface area is 159 Å². The number of nitrogens with zero attached hydrogens (tertiary/aromatic N) is 2. The lowest BCUT2D eigenvalue weighted by atomic mass is 10.1. The molecular weight excluding hydrogens is 359 g/mol. The summed E-state index contributed by atoms with van der Waals surface area (Å²) in [6.07, 6.45) is 3.05. The fourth-order valence-corrected chi connectivity index (χ4v) is 2.95.